The van der Waals surface area contributed by atoms with Crippen molar-refractivity contribution < 1.29 is 28.7 Å². The van der Waals surface area contributed by atoms with E-state index in [1.165, 1.54) is 13.2 Å². The zero-order valence-electron chi connectivity index (χ0n) is 20.3. The third-order valence-corrected chi connectivity index (χ3v) is 6.72. The third-order valence-electron chi connectivity index (χ3n) is 6.72. The molecule has 0 aromatic heterocycles. The highest BCUT2D eigenvalue weighted by atomic mass is 16.5. The van der Waals surface area contributed by atoms with Crippen molar-refractivity contribution in [2.45, 2.75) is 58.2 Å². The van der Waals surface area contributed by atoms with Crippen LogP contribution in [0.5, 0.6) is 5.75 Å². The van der Waals surface area contributed by atoms with Crippen LogP contribution >= 0.6 is 0 Å². The summed E-state index contributed by atoms with van der Waals surface area (Å²) < 4.78 is 10.9. The number of esters is 1. The monoisotopic (exact) mass is 478 g/mol. The number of piperidine rings is 1. The van der Waals surface area contributed by atoms with Crippen LogP contribution in [0.1, 0.15) is 76.2 Å². The van der Waals surface area contributed by atoms with E-state index in [0.29, 0.717) is 23.2 Å². The summed E-state index contributed by atoms with van der Waals surface area (Å²) in [6.45, 7) is 4.30. The van der Waals surface area contributed by atoms with Crippen LogP contribution in [-0.4, -0.2) is 59.3 Å². The molecule has 1 saturated heterocycles. The normalized spacial score (nSPS) is 18.3. The van der Waals surface area contributed by atoms with E-state index in [9.17, 15) is 19.2 Å². The van der Waals surface area contributed by atoms with Crippen LogP contribution in [-0.2, 0) is 16.1 Å². The Labute approximate surface area is 204 Å². The van der Waals surface area contributed by atoms with Crippen LogP contribution in [0.3, 0.4) is 0 Å². The summed E-state index contributed by atoms with van der Waals surface area (Å²) >= 11 is 0. The maximum atomic E-state index is 13.0. The Balaban J connectivity index is 1.50. The molecule has 0 saturated carbocycles. The first-order chi connectivity index (χ1) is 16.8. The number of hydrogen-bond donors (Lipinski definition) is 0. The quantitative estimate of drug-likeness (QED) is 0.444. The molecular formula is C27H30N2O6. The first-order valence-corrected chi connectivity index (χ1v) is 12.0. The molecule has 2 aliphatic rings. The Kier molecular flexibility index (Phi) is 7.19. The van der Waals surface area contributed by atoms with Gasteiger partial charge in [0.25, 0.3) is 17.7 Å². The maximum Gasteiger partial charge on any atom is 0.342 e. The Bertz CT molecular complexity index is 1130. The molecule has 0 spiro atoms. The van der Waals surface area contributed by atoms with Gasteiger partial charge in [-0.15, -0.1) is 0 Å². The van der Waals surface area contributed by atoms with Gasteiger partial charge in [-0.25, -0.2) is 4.79 Å². The number of nitrogens with zero attached hydrogens (tertiary/aromatic N) is 2. The topological polar surface area (TPSA) is 93.2 Å². The Morgan fingerprint density at radius 3 is 2.37 bits per heavy atom. The molecule has 4 rings (SSSR count). The molecule has 0 bridgehead atoms. The van der Waals surface area contributed by atoms with Gasteiger partial charge in [-0.2, -0.15) is 0 Å². The molecule has 0 unspecified atom stereocenters. The highest BCUT2D eigenvalue weighted by Crippen LogP contribution is 2.27. The molecule has 0 radical (unpaired) electrons. The number of carbonyl (C=O) groups excluding carboxylic acids is 4. The Hall–Kier alpha value is -3.68. The number of imide groups is 1. The van der Waals surface area contributed by atoms with Crippen LogP contribution in [0.25, 0.3) is 0 Å². The van der Waals surface area contributed by atoms with E-state index in [2.05, 4.69) is 6.92 Å². The lowest BCUT2D eigenvalue weighted by Crippen LogP contribution is -2.48. The number of benzene rings is 2. The summed E-state index contributed by atoms with van der Waals surface area (Å²) in [5.41, 5.74) is 1.42. The lowest BCUT2D eigenvalue weighted by Gasteiger charge is -2.36. The lowest BCUT2D eigenvalue weighted by atomic mass is 9.99. The molecule has 8 nitrogen and oxygen atoms in total. The second kappa shape index (κ2) is 10.3. The summed E-state index contributed by atoms with van der Waals surface area (Å²) in [5.74, 6) is -1.37. The number of fused-ring (bicyclic) bond motifs is 1. The van der Waals surface area contributed by atoms with Gasteiger partial charge in [0.05, 0.1) is 24.8 Å². The molecule has 0 N–H and O–H groups in total. The minimum absolute atomic E-state index is 0.00291. The number of ether oxygens (including phenoxy) is 2. The highest BCUT2D eigenvalue weighted by molar-refractivity contribution is 6.21. The van der Waals surface area contributed by atoms with Crippen molar-refractivity contribution in [3.63, 3.8) is 0 Å². The SMILES string of the molecule is CC[C@H]1CCCCN1C(=O)[C@H](C)OC(=O)c1cc(CN2C(=O)c3ccccc3C2=O)ccc1OC. The fourth-order valence-corrected chi connectivity index (χ4v) is 4.80. The molecule has 1 fully saturated rings. The van der Waals surface area contributed by atoms with Gasteiger partial charge in [-0.3, -0.25) is 19.3 Å². The Morgan fingerprint density at radius 2 is 1.74 bits per heavy atom. The van der Waals surface area contributed by atoms with Crippen molar-refractivity contribution >= 4 is 23.7 Å². The molecule has 184 valence electrons. The molecule has 2 aliphatic heterocycles. The van der Waals surface area contributed by atoms with Crippen LogP contribution in [0.2, 0.25) is 0 Å². The standard InChI is InChI=1S/C27H30N2O6/c1-4-19-9-7-8-14-28(19)24(30)17(2)35-27(33)22-15-18(12-13-23(22)34-3)16-29-25(31)20-10-5-6-11-21(20)26(29)32/h5-6,10-13,15,17,19H,4,7-9,14,16H2,1-3H3/t17-,19-/m0/s1. The van der Waals surface area contributed by atoms with Crippen molar-refractivity contribution in [2.24, 2.45) is 0 Å². The van der Waals surface area contributed by atoms with E-state index in [-0.39, 0.29) is 41.6 Å². The molecule has 8 heteroatoms. The molecule has 35 heavy (non-hydrogen) atoms. The smallest absolute Gasteiger partial charge is 0.342 e. The second-order valence-electron chi connectivity index (χ2n) is 8.91. The van der Waals surface area contributed by atoms with Gasteiger partial charge in [0.15, 0.2) is 6.10 Å². The van der Waals surface area contributed by atoms with E-state index in [1.807, 2.05) is 4.90 Å². The number of likely N-dealkylation sites (tertiary alicyclic amines) is 1. The first kappa shape index (κ1) is 24.4. The number of carbonyl (C=O) groups is 4. The summed E-state index contributed by atoms with van der Waals surface area (Å²) in [5, 5.41) is 0. The zero-order chi connectivity index (χ0) is 25.1. The van der Waals surface area contributed by atoms with Crippen LogP contribution in [0, 0.1) is 0 Å². The van der Waals surface area contributed by atoms with Crippen LogP contribution in [0.4, 0.5) is 0 Å². The van der Waals surface area contributed by atoms with Gasteiger partial charge >= 0.3 is 5.97 Å². The Morgan fingerprint density at radius 1 is 1.06 bits per heavy atom. The molecule has 2 aromatic carbocycles. The minimum Gasteiger partial charge on any atom is -0.496 e. The number of hydrogen-bond acceptors (Lipinski definition) is 6. The van der Waals surface area contributed by atoms with Crippen molar-refractivity contribution in [3.05, 3.63) is 64.7 Å². The van der Waals surface area contributed by atoms with Gasteiger partial charge in [-0.1, -0.05) is 25.1 Å². The number of rotatable bonds is 7. The van der Waals surface area contributed by atoms with Crippen LogP contribution in [0.15, 0.2) is 42.5 Å². The average Bonchev–Trinajstić information content (AvgIpc) is 3.13. The minimum atomic E-state index is -0.945. The fourth-order valence-electron chi connectivity index (χ4n) is 4.80. The molecule has 2 atom stereocenters. The van der Waals surface area contributed by atoms with Gasteiger partial charge in [0.2, 0.25) is 0 Å². The summed E-state index contributed by atoms with van der Waals surface area (Å²) in [6.07, 6.45) is 2.90. The lowest BCUT2D eigenvalue weighted by molar-refractivity contribution is -0.143. The van der Waals surface area contributed by atoms with Gasteiger partial charge in [-0.05, 0) is 62.4 Å². The van der Waals surface area contributed by atoms with Gasteiger partial charge in [0.1, 0.15) is 11.3 Å². The van der Waals surface area contributed by atoms with Crippen molar-refractivity contribution in [2.75, 3.05) is 13.7 Å². The van der Waals surface area contributed by atoms with Crippen LogP contribution < -0.4 is 4.74 Å². The van der Waals surface area contributed by atoms with E-state index in [1.54, 1.807) is 43.3 Å². The van der Waals surface area contributed by atoms with Crippen molar-refractivity contribution in [1.82, 2.24) is 9.80 Å². The third kappa shape index (κ3) is 4.78. The predicted octanol–water partition coefficient (Wildman–Crippen LogP) is 3.83. The molecule has 3 amide bonds. The highest BCUT2D eigenvalue weighted by Gasteiger charge is 2.35. The zero-order valence-corrected chi connectivity index (χ0v) is 20.3. The number of amides is 3. The molecule has 0 aliphatic carbocycles. The first-order valence-electron chi connectivity index (χ1n) is 12.0. The second-order valence-corrected chi connectivity index (χ2v) is 8.91. The summed E-state index contributed by atoms with van der Waals surface area (Å²) in [4.78, 5) is 54.5. The fraction of sp³-hybridized carbons (Fsp3) is 0.407. The summed E-state index contributed by atoms with van der Waals surface area (Å²) in [6, 6.07) is 11.6. The number of methoxy groups -OCH3 is 1. The van der Waals surface area contributed by atoms with Crippen molar-refractivity contribution in [1.29, 1.82) is 0 Å². The summed E-state index contributed by atoms with van der Waals surface area (Å²) in [7, 11) is 1.43. The predicted molar refractivity (Wildman–Crippen MR) is 128 cm³/mol. The van der Waals surface area contributed by atoms with E-state index in [4.69, 9.17) is 9.47 Å². The van der Waals surface area contributed by atoms with E-state index >= 15 is 0 Å². The largest absolute Gasteiger partial charge is 0.496 e. The maximum absolute atomic E-state index is 13.0. The van der Waals surface area contributed by atoms with E-state index < -0.39 is 12.1 Å². The molecule has 2 aromatic rings. The molecular weight excluding hydrogens is 448 g/mol. The van der Waals surface area contributed by atoms with E-state index in [0.717, 1.165) is 30.6 Å². The average molecular weight is 479 g/mol. The van der Waals surface area contributed by atoms with Gasteiger partial charge in [0, 0.05) is 12.6 Å². The van der Waals surface area contributed by atoms with Gasteiger partial charge < -0.3 is 14.4 Å². The molecule has 2 heterocycles. The van der Waals surface area contributed by atoms with Crippen molar-refractivity contribution in [3.8, 4) is 5.75 Å².